The van der Waals surface area contributed by atoms with Gasteiger partial charge in [-0.25, -0.2) is 9.13 Å². The summed E-state index contributed by atoms with van der Waals surface area (Å²) in [5, 5.41) is 7.00. The molecule has 24 heavy (non-hydrogen) atoms. The van der Waals surface area contributed by atoms with Crippen LogP contribution in [-0.4, -0.2) is 59.2 Å². The van der Waals surface area contributed by atoms with E-state index in [1.807, 2.05) is 0 Å². The third-order valence-corrected chi connectivity index (χ3v) is 3.17. The minimum atomic E-state index is -4.64. The summed E-state index contributed by atoms with van der Waals surface area (Å²) in [5.41, 5.74) is 0. The molecular formula is C9H29O12P3. The van der Waals surface area contributed by atoms with Gasteiger partial charge in [0, 0.05) is 13.3 Å². The van der Waals surface area contributed by atoms with Crippen LogP contribution < -0.4 is 0 Å². The fraction of sp³-hybridized carbons (Fsp3) is 1.00. The highest BCUT2D eigenvalue weighted by Crippen LogP contribution is 2.42. The van der Waals surface area contributed by atoms with Gasteiger partial charge in [0.25, 0.3) is 0 Å². The Hall–Kier alpha value is 0.330. The van der Waals surface area contributed by atoms with Gasteiger partial charge in [-0.3, -0.25) is 4.57 Å². The molecule has 0 saturated carbocycles. The smallest absolute Gasteiger partial charge is 0.400 e. The number of aliphatic hydroxyl groups is 1. The average molecular weight is 422 g/mol. The maximum Gasteiger partial charge on any atom is 0.466 e. The van der Waals surface area contributed by atoms with Crippen LogP contribution in [0.2, 0.25) is 0 Å². The van der Waals surface area contributed by atoms with Crippen LogP contribution in [0, 0.1) is 0 Å². The van der Waals surface area contributed by atoms with Crippen molar-refractivity contribution in [1.29, 1.82) is 0 Å². The Morgan fingerprint density at radius 2 is 1.04 bits per heavy atom. The Bertz CT molecular complexity index is 353. The van der Waals surface area contributed by atoms with Gasteiger partial charge in [0.2, 0.25) is 0 Å². The second-order valence-corrected chi connectivity index (χ2v) is 7.90. The zero-order chi connectivity index (χ0) is 20.4. The van der Waals surface area contributed by atoms with Crippen molar-refractivity contribution in [3.63, 3.8) is 0 Å². The van der Waals surface area contributed by atoms with Gasteiger partial charge in [0.15, 0.2) is 0 Å². The van der Waals surface area contributed by atoms with Gasteiger partial charge in [-0.1, -0.05) is 26.2 Å². The number of hydrogen-bond donors (Lipinski definition) is 8. The Morgan fingerprint density at radius 3 is 1.29 bits per heavy atom. The molecule has 1 atom stereocenters. The topological polar surface area (TPSA) is 222 Å². The van der Waals surface area contributed by atoms with Crippen molar-refractivity contribution in [3.8, 4) is 0 Å². The van der Waals surface area contributed by atoms with E-state index in [2.05, 4.69) is 6.92 Å². The molecule has 8 N–H and O–H groups in total. The van der Waals surface area contributed by atoms with Crippen molar-refractivity contribution in [2.75, 3.05) is 19.9 Å². The second kappa shape index (κ2) is 18.1. The molecule has 0 bridgehead atoms. The summed E-state index contributed by atoms with van der Waals surface area (Å²) in [6.07, 6.45) is 4.40. The third kappa shape index (κ3) is 79.1. The van der Waals surface area contributed by atoms with Crippen molar-refractivity contribution < 1.29 is 57.6 Å². The molecule has 0 aliphatic heterocycles. The largest absolute Gasteiger partial charge is 0.466 e. The SMILES string of the molecule is CCCCCCP(=O)(O)OCC.CO.O=P(O)(O)O.O=P(O)(O)O. The summed E-state index contributed by atoms with van der Waals surface area (Å²) in [4.78, 5) is 52.3. The van der Waals surface area contributed by atoms with E-state index in [-0.39, 0.29) is 0 Å². The molecule has 0 fully saturated rings. The number of unbranched alkanes of at least 4 members (excludes halogenated alkanes) is 3. The van der Waals surface area contributed by atoms with Gasteiger partial charge in [-0.2, -0.15) is 0 Å². The Labute approximate surface area is 141 Å². The first kappa shape index (κ1) is 32.0. The van der Waals surface area contributed by atoms with Gasteiger partial charge in [0.05, 0.1) is 6.61 Å². The molecule has 0 aliphatic rings. The normalized spacial score (nSPS) is 13.1. The molecule has 12 nitrogen and oxygen atoms in total. The van der Waals surface area contributed by atoms with Gasteiger partial charge < -0.3 is 43.9 Å². The Kier molecular flexibility index (Phi) is 24.2. The van der Waals surface area contributed by atoms with Crippen molar-refractivity contribution >= 4 is 23.2 Å². The van der Waals surface area contributed by atoms with Crippen LogP contribution >= 0.6 is 23.2 Å². The van der Waals surface area contributed by atoms with E-state index in [4.69, 9.17) is 53.0 Å². The van der Waals surface area contributed by atoms with Crippen LogP contribution in [-0.2, 0) is 18.2 Å². The predicted octanol–water partition coefficient (Wildman–Crippen LogP) is 0.540. The van der Waals surface area contributed by atoms with Crippen LogP contribution in [0.1, 0.15) is 39.5 Å². The molecule has 0 aromatic carbocycles. The molecule has 15 heteroatoms. The van der Waals surface area contributed by atoms with Gasteiger partial charge in [-0.15, -0.1) is 0 Å². The second-order valence-electron chi connectivity index (χ2n) is 3.87. The van der Waals surface area contributed by atoms with E-state index in [0.29, 0.717) is 12.8 Å². The summed E-state index contributed by atoms with van der Waals surface area (Å²) in [6, 6.07) is 0. The molecule has 0 aromatic rings. The van der Waals surface area contributed by atoms with E-state index < -0.39 is 23.2 Å². The lowest BCUT2D eigenvalue weighted by Gasteiger charge is -2.09. The molecule has 152 valence electrons. The maximum absolute atomic E-state index is 11.1. The van der Waals surface area contributed by atoms with Crippen LogP contribution in [0.25, 0.3) is 0 Å². The molecule has 0 amide bonds. The number of aliphatic hydroxyl groups excluding tert-OH is 1. The molecular weight excluding hydrogens is 393 g/mol. The maximum atomic E-state index is 11.1. The average Bonchev–Trinajstić information content (AvgIpc) is 2.33. The highest BCUT2D eigenvalue weighted by atomic mass is 31.2. The fourth-order valence-corrected chi connectivity index (χ4v) is 2.16. The van der Waals surface area contributed by atoms with E-state index in [1.165, 1.54) is 0 Å². The Balaban J connectivity index is -0.000000138. The minimum absolute atomic E-state index is 0.306. The first-order chi connectivity index (χ1) is 10.6. The zero-order valence-electron chi connectivity index (χ0n) is 13.8. The fourth-order valence-electron chi connectivity index (χ4n) is 1.00. The molecule has 1 unspecified atom stereocenters. The van der Waals surface area contributed by atoms with Crippen molar-refractivity contribution in [2.24, 2.45) is 0 Å². The van der Waals surface area contributed by atoms with E-state index in [9.17, 15) is 4.57 Å². The molecule has 0 spiro atoms. The lowest BCUT2D eigenvalue weighted by Crippen LogP contribution is -1.94. The summed E-state index contributed by atoms with van der Waals surface area (Å²) < 4.78 is 33.6. The van der Waals surface area contributed by atoms with E-state index >= 15 is 0 Å². The van der Waals surface area contributed by atoms with E-state index in [0.717, 1.165) is 32.8 Å². The first-order valence-electron chi connectivity index (χ1n) is 6.60. The summed E-state index contributed by atoms with van der Waals surface area (Å²) in [7, 11) is -11.5. The van der Waals surface area contributed by atoms with Crippen LogP contribution in [0.5, 0.6) is 0 Å². The summed E-state index contributed by atoms with van der Waals surface area (Å²) in [6.45, 7) is 4.16. The van der Waals surface area contributed by atoms with Gasteiger partial charge >= 0.3 is 23.2 Å². The summed E-state index contributed by atoms with van der Waals surface area (Å²) in [5.74, 6) is 0. The van der Waals surface area contributed by atoms with Crippen molar-refractivity contribution in [2.45, 2.75) is 39.5 Å². The highest BCUT2D eigenvalue weighted by Gasteiger charge is 2.16. The highest BCUT2D eigenvalue weighted by molar-refractivity contribution is 7.52. The van der Waals surface area contributed by atoms with Crippen molar-refractivity contribution in [1.82, 2.24) is 0 Å². The van der Waals surface area contributed by atoms with Crippen molar-refractivity contribution in [3.05, 3.63) is 0 Å². The van der Waals surface area contributed by atoms with Crippen LogP contribution in [0.15, 0.2) is 0 Å². The quantitative estimate of drug-likeness (QED) is 0.208. The number of phosphoric acid groups is 2. The first-order valence-corrected chi connectivity index (χ1v) is 11.5. The number of hydrogen-bond acceptors (Lipinski definition) is 5. The van der Waals surface area contributed by atoms with Crippen LogP contribution in [0.3, 0.4) is 0 Å². The minimum Gasteiger partial charge on any atom is -0.400 e. The predicted molar refractivity (Wildman–Crippen MR) is 87.1 cm³/mol. The molecule has 0 heterocycles. The summed E-state index contributed by atoms with van der Waals surface area (Å²) >= 11 is 0. The van der Waals surface area contributed by atoms with Gasteiger partial charge in [-0.05, 0) is 13.3 Å². The molecule has 0 aliphatic carbocycles. The molecule has 0 aromatic heterocycles. The van der Waals surface area contributed by atoms with Gasteiger partial charge in [0.1, 0.15) is 0 Å². The third-order valence-electron chi connectivity index (χ3n) is 1.63. The van der Waals surface area contributed by atoms with E-state index in [1.54, 1.807) is 6.92 Å². The number of rotatable bonds is 7. The molecule has 0 saturated heterocycles. The molecule has 0 rings (SSSR count). The Morgan fingerprint density at radius 1 is 0.708 bits per heavy atom. The molecule has 0 radical (unpaired) electrons. The standard InChI is InChI=1S/C8H19O3P.CH4O.2H3O4P/c1-3-5-6-7-8-12(9,10)11-4-2;1-2;2*1-5(2,3)4/h3-8H2,1-2H3,(H,9,10);2H,1H3;2*(H3,1,2,3,4). The zero-order valence-corrected chi connectivity index (χ0v) is 16.5. The van der Waals surface area contributed by atoms with Crippen LogP contribution in [0.4, 0.5) is 0 Å². The lowest BCUT2D eigenvalue weighted by atomic mass is 10.2. The monoisotopic (exact) mass is 422 g/mol. The lowest BCUT2D eigenvalue weighted by molar-refractivity contribution is 0.271.